The van der Waals surface area contributed by atoms with Gasteiger partial charge in [-0.2, -0.15) is 0 Å². The molecule has 4 rings (SSSR count). The van der Waals surface area contributed by atoms with Crippen LogP contribution in [0.4, 0.5) is 16.2 Å². The standard InChI is InChI=1S/C26H28N4O3/c31-25(29-23-13-7-8-14-24(23)33-22-11-5-2-6-12-22)19-30-17-15-21(16-18-30)28-26(32)27-20-9-3-1-4-10-20/h1-14,21H,15-19H2,(H,29,31)(H2,27,28,32). The summed E-state index contributed by atoms with van der Waals surface area (Å²) in [4.78, 5) is 27.0. The molecule has 170 valence electrons. The first-order valence-corrected chi connectivity index (χ1v) is 11.1. The fraction of sp³-hybridized carbons (Fsp3) is 0.231. The van der Waals surface area contributed by atoms with E-state index in [-0.39, 0.29) is 18.0 Å². The lowest BCUT2D eigenvalue weighted by Gasteiger charge is -2.31. The van der Waals surface area contributed by atoms with Crippen LogP contribution >= 0.6 is 0 Å². The molecule has 0 saturated carbocycles. The van der Waals surface area contributed by atoms with Crippen molar-refractivity contribution in [1.82, 2.24) is 10.2 Å². The van der Waals surface area contributed by atoms with Gasteiger partial charge in [-0.3, -0.25) is 9.69 Å². The summed E-state index contributed by atoms with van der Waals surface area (Å²) in [5.41, 5.74) is 1.40. The summed E-state index contributed by atoms with van der Waals surface area (Å²) < 4.78 is 5.92. The number of benzene rings is 3. The van der Waals surface area contributed by atoms with Gasteiger partial charge in [0.15, 0.2) is 5.75 Å². The number of piperidine rings is 1. The molecule has 3 N–H and O–H groups in total. The third kappa shape index (κ3) is 6.82. The monoisotopic (exact) mass is 444 g/mol. The predicted octanol–water partition coefficient (Wildman–Crippen LogP) is 4.70. The van der Waals surface area contributed by atoms with Crippen LogP contribution in [-0.2, 0) is 4.79 Å². The van der Waals surface area contributed by atoms with Crippen LogP contribution in [0.15, 0.2) is 84.9 Å². The molecule has 33 heavy (non-hydrogen) atoms. The molecule has 0 atom stereocenters. The Hall–Kier alpha value is -3.84. The van der Waals surface area contributed by atoms with Gasteiger partial charge >= 0.3 is 6.03 Å². The zero-order chi connectivity index (χ0) is 22.9. The summed E-state index contributed by atoms with van der Waals surface area (Å²) in [6.07, 6.45) is 1.59. The number of ether oxygens (including phenoxy) is 1. The smallest absolute Gasteiger partial charge is 0.319 e. The molecule has 1 heterocycles. The molecule has 7 nitrogen and oxygen atoms in total. The number of carbonyl (C=O) groups is 2. The van der Waals surface area contributed by atoms with E-state index < -0.39 is 0 Å². The van der Waals surface area contributed by atoms with Gasteiger partial charge in [-0.25, -0.2) is 4.79 Å². The maximum Gasteiger partial charge on any atom is 0.319 e. The molecule has 3 aromatic rings. The van der Waals surface area contributed by atoms with E-state index in [9.17, 15) is 9.59 Å². The molecular weight excluding hydrogens is 416 g/mol. The number of rotatable bonds is 7. The Morgan fingerprint density at radius 2 is 1.45 bits per heavy atom. The van der Waals surface area contributed by atoms with Crippen LogP contribution in [0.1, 0.15) is 12.8 Å². The fourth-order valence-corrected chi connectivity index (χ4v) is 3.78. The van der Waals surface area contributed by atoms with Crippen molar-refractivity contribution in [3.05, 3.63) is 84.9 Å². The van der Waals surface area contributed by atoms with E-state index in [1.54, 1.807) is 0 Å². The number of urea groups is 1. The topological polar surface area (TPSA) is 82.7 Å². The molecule has 0 aromatic heterocycles. The third-order valence-corrected chi connectivity index (χ3v) is 5.45. The van der Waals surface area contributed by atoms with Crippen LogP contribution in [0.3, 0.4) is 0 Å². The van der Waals surface area contributed by atoms with Gasteiger partial charge in [0.2, 0.25) is 5.91 Å². The number of anilines is 2. The molecule has 1 aliphatic rings. The van der Waals surface area contributed by atoms with Gasteiger partial charge in [0.25, 0.3) is 0 Å². The molecule has 3 aromatic carbocycles. The van der Waals surface area contributed by atoms with Gasteiger partial charge in [0, 0.05) is 24.8 Å². The first-order chi connectivity index (χ1) is 16.2. The average Bonchev–Trinajstić information content (AvgIpc) is 2.83. The van der Waals surface area contributed by atoms with E-state index in [1.165, 1.54) is 0 Å². The predicted molar refractivity (Wildman–Crippen MR) is 130 cm³/mol. The molecule has 0 unspecified atom stereocenters. The summed E-state index contributed by atoms with van der Waals surface area (Å²) in [7, 11) is 0. The number of hydrogen-bond acceptors (Lipinski definition) is 4. The number of amides is 3. The summed E-state index contributed by atoms with van der Waals surface area (Å²) >= 11 is 0. The van der Waals surface area contributed by atoms with Crippen molar-refractivity contribution in [1.29, 1.82) is 0 Å². The number of para-hydroxylation sites is 4. The lowest BCUT2D eigenvalue weighted by molar-refractivity contribution is -0.117. The van der Waals surface area contributed by atoms with Crippen molar-refractivity contribution >= 4 is 23.3 Å². The first-order valence-electron chi connectivity index (χ1n) is 11.1. The molecule has 1 fully saturated rings. The van der Waals surface area contributed by atoms with Crippen LogP contribution in [0.25, 0.3) is 0 Å². The van der Waals surface area contributed by atoms with Crippen LogP contribution in [-0.4, -0.2) is 42.5 Å². The number of nitrogens with one attached hydrogen (secondary N) is 3. The van der Waals surface area contributed by atoms with Crippen molar-refractivity contribution in [2.75, 3.05) is 30.3 Å². The molecular formula is C26H28N4O3. The van der Waals surface area contributed by atoms with Gasteiger partial charge < -0.3 is 20.7 Å². The highest BCUT2D eigenvalue weighted by atomic mass is 16.5. The lowest BCUT2D eigenvalue weighted by atomic mass is 10.1. The Morgan fingerprint density at radius 3 is 2.18 bits per heavy atom. The molecule has 0 bridgehead atoms. The minimum Gasteiger partial charge on any atom is -0.455 e. The molecule has 0 spiro atoms. The average molecular weight is 445 g/mol. The largest absolute Gasteiger partial charge is 0.455 e. The second-order valence-electron chi connectivity index (χ2n) is 7.97. The SMILES string of the molecule is O=C(CN1CCC(NC(=O)Nc2ccccc2)CC1)Nc1ccccc1Oc1ccccc1. The van der Waals surface area contributed by atoms with Crippen LogP contribution < -0.4 is 20.7 Å². The Kier molecular flexibility index (Phi) is 7.56. The van der Waals surface area contributed by atoms with E-state index in [0.29, 0.717) is 23.7 Å². The molecule has 0 aliphatic carbocycles. The summed E-state index contributed by atoms with van der Waals surface area (Å²) in [6.45, 7) is 1.78. The quantitative estimate of drug-likeness (QED) is 0.493. The van der Waals surface area contributed by atoms with Crippen LogP contribution in [0.5, 0.6) is 11.5 Å². The van der Waals surface area contributed by atoms with E-state index in [1.807, 2.05) is 84.9 Å². The zero-order valence-electron chi connectivity index (χ0n) is 18.4. The van der Waals surface area contributed by atoms with Crippen molar-refractivity contribution in [2.45, 2.75) is 18.9 Å². The highest BCUT2D eigenvalue weighted by Crippen LogP contribution is 2.29. The first kappa shape index (κ1) is 22.4. The second-order valence-corrected chi connectivity index (χ2v) is 7.97. The van der Waals surface area contributed by atoms with E-state index in [0.717, 1.165) is 31.6 Å². The maximum atomic E-state index is 12.7. The summed E-state index contributed by atoms with van der Waals surface area (Å²) in [6, 6.07) is 26.1. The van der Waals surface area contributed by atoms with E-state index in [4.69, 9.17) is 4.74 Å². The Morgan fingerprint density at radius 1 is 0.818 bits per heavy atom. The van der Waals surface area contributed by atoms with Gasteiger partial charge in [0.05, 0.1) is 12.2 Å². The minimum absolute atomic E-state index is 0.0904. The van der Waals surface area contributed by atoms with Gasteiger partial charge in [0.1, 0.15) is 5.75 Å². The van der Waals surface area contributed by atoms with Crippen molar-refractivity contribution in [2.24, 2.45) is 0 Å². The molecule has 7 heteroatoms. The molecule has 3 amide bonds. The highest BCUT2D eigenvalue weighted by molar-refractivity contribution is 5.93. The third-order valence-electron chi connectivity index (χ3n) is 5.45. The Labute approximate surface area is 193 Å². The van der Waals surface area contributed by atoms with Gasteiger partial charge in [-0.15, -0.1) is 0 Å². The van der Waals surface area contributed by atoms with Crippen LogP contribution in [0.2, 0.25) is 0 Å². The van der Waals surface area contributed by atoms with E-state index in [2.05, 4.69) is 20.9 Å². The number of hydrogen-bond donors (Lipinski definition) is 3. The van der Waals surface area contributed by atoms with Crippen LogP contribution in [0, 0.1) is 0 Å². The van der Waals surface area contributed by atoms with Gasteiger partial charge in [-0.05, 0) is 49.2 Å². The van der Waals surface area contributed by atoms with Crippen molar-refractivity contribution in [3.8, 4) is 11.5 Å². The minimum atomic E-state index is -0.201. The van der Waals surface area contributed by atoms with Crippen molar-refractivity contribution < 1.29 is 14.3 Å². The summed E-state index contributed by atoms with van der Waals surface area (Å²) in [5, 5.41) is 8.82. The lowest BCUT2D eigenvalue weighted by Crippen LogP contribution is -2.47. The summed E-state index contributed by atoms with van der Waals surface area (Å²) in [5.74, 6) is 1.22. The van der Waals surface area contributed by atoms with Crippen molar-refractivity contribution in [3.63, 3.8) is 0 Å². The molecule has 1 saturated heterocycles. The molecule has 1 aliphatic heterocycles. The maximum absolute atomic E-state index is 12.7. The zero-order valence-corrected chi connectivity index (χ0v) is 18.4. The number of likely N-dealkylation sites (tertiary alicyclic amines) is 1. The van der Waals surface area contributed by atoms with Gasteiger partial charge in [-0.1, -0.05) is 48.5 Å². The Bertz CT molecular complexity index is 1050. The fourth-order valence-electron chi connectivity index (χ4n) is 3.78. The highest BCUT2D eigenvalue weighted by Gasteiger charge is 2.22. The normalized spacial score (nSPS) is 14.3. The molecule has 0 radical (unpaired) electrons. The number of carbonyl (C=O) groups excluding carboxylic acids is 2. The van der Waals surface area contributed by atoms with E-state index >= 15 is 0 Å². The number of nitrogens with zero attached hydrogens (tertiary/aromatic N) is 1. The second kappa shape index (κ2) is 11.2. The Balaban J connectivity index is 1.22.